The Balaban J connectivity index is 1.75. The van der Waals surface area contributed by atoms with E-state index in [2.05, 4.69) is 0 Å². The van der Waals surface area contributed by atoms with Crippen molar-refractivity contribution < 1.29 is 14.6 Å². The lowest BCUT2D eigenvalue weighted by molar-refractivity contribution is -0.107. The van der Waals surface area contributed by atoms with Crippen molar-refractivity contribution in [2.24, 2.45) is 0 Å². The van der Waals surface area contributed by atoms with Crippen LogP contribution < -0.4 is 0 Å². The smallest absolute Gasteiger partial charge is 0.119 e. The van der Waals surface area contributed by atoms with Crippen molar-refractivity contribution in [3.05, 3.63) is 0 Å². The molecule has 0 aliphatic carbocycles. The zero-order chi connectivity index (χ0) is 15.2. The molecule has 0 saturated carbocycles. The van der Waals surface area contributed by atoms with Gasteiger partial charge in [0.2, 0.25) is 0 Å². The minimum atomic E-state index is 0.342. The number of epoxide rings is 1. The molecule has 3 nitrogen and oxygen atoms in total. The standard InChI is InChI=1S/C18H34O3/c19-15-11-7-3-1-5-9-13-17-18(21-17)14-10-6-2-4-8-12-16-20/h15,17-18,20H,1-14,16H2. The second kappa shape index (κ2) is 13.3. The second-order valence-electron chi connectivity index (χ2n) is 6.36. The number of unbranched alkanes of at least 4 members (excludes halogenated alkanes) is 10. The first-order chi connectivity index (χ1) is 10.4. The molecule has 1 fully saturated rings. The number of rotatable bonds is 16. The van der Waals surface area contributed by atoms with Crippen LogP contribution in [0.3, 0.4) is 0 Å². The first-order valence-electron chi connectivity index (χ1n) is 9.08. The molecule has 1 aliphatic heterocycles. The highest BCUT2D eigenvalue weighted by Gasteiger charge is 2.36. The third-order valence-electron chi connectivity index (χ3n) is 4.40. The van der Waals surface area contributed by atoms with Crippen LogP contribution in [0.5, 0.6) is 0 Å². The van der Waals surface area contributed by atoms with E-state index >= 15 is 0 Å². The molecule has 2 unspecified atom stereocenters. The van der Waals surface area contributed by atoms with Gasteiger partial charge in [0, 0.05) is 13.0 Å². The van der Waals surface area contributed by atoms with Crippen molar-refractivity contribution in [3.8, 4) is 0 Å². The minimum Gasteiger partial charge on any atom is -0.396 e. The molecule has 2 atom stereocenters. The molecule has 124 valence electrons. The van der Waals surface area contributed by atoms with E-state index in [1.54, 1.807) is 0 Å². The molecule has 0 amide bonds. The maximum atomic E-state index is 10.2. The summed E-state index contributed by atoms with van der Waals surface area (Å²) in [5.74, 6) is 0. The van der Waals surface area contributed by atoms with Gasteiger partial charge in [0.25, 0.3) is 0 Å². The molecular weight excluding hydrogens is 264 g/mol. The fourth-order valence-corrected chi connectivity index (χ4v) is 2.95. The zero-order valence-electron chi connectivity index (χ0n) is 13.6. The van der Waals surface area contributed by atoms with Gasteiger partial charge in [0.1, 0.15) is 6.29 Å². The van der Waals surface area contributed by atoms with E-state index in [9.17, 15) is 4.79 Å². The summed E-state index contributed by atoms with van der Waals surface area (Å²) in [6.07, 6.45) is 18.7. The number of carbonyl (C=O) groups is 1. The predicted molar refractivity (Wildman–Crippen MR) is 86.4 cm³/mol. The maximum absolute atomic E-state index is 10.2. The Morgan fingerprint density at radius 1 is 0.714 bits per heavy atom. The Kier molecular flexibility index (Phi) is 11.8. The number of aliphatic hydroxyl groups excluding tert-OH is 1. The largest absolute Gasteiger partial charge is 0.396 e. The van der Waals surface area contributed by atoms with E-state index in [0.717, 1.165) is 25.5 Å². The number of aliphatic hydroxyl groups is 1. The second-order valence-corrected chi connectivity index (χ2v) is 6.36. The van der Waals surface area contributed by atoms with Gasteiger partial charge < -0.3 is 14.6 Å². The van der Waals surface area contributed by atoms with E-state index in [1.165, 1.54) is 70.6 Å². The highest BCUT2D eigenvalue weighted by molar-refractivity contribution is 5.48. The highest BCUT2D eigenvalue weighted by atomic mass is 16.6. The summed E-state index contributed by atoms with van der Waals surface area (Å²) in [7, 11) is 0. The topological polar surface area (TPSA) is 49.8 Å². The summed E-state index contributed by atoms with van der Waals surface area (Å²) >= 11 is 0. The molecule has 1 aliphatic rings. The summed E-state index contributed by atoms with van der Waals surface area (Å²) in [4.78, 5) is 10.2. The van der Waals surface area contributed by atoms with E-state index in [0.29, 0.717) is 18.8 Å². The van der Waals surface area contributed by atoms with Gasteiger partial charge in [0.05, 0.1) is 12.2 Å². The first-order valence-corrected chi connectivity index (χ1v) is 9.08. The third kappa shape index (κ3) is 10.9. The van der Waals surface area contributed by atoms with E-state index in [-0.39, 0.29) is 0 Å². The average molecular weight is 298 g/mol. The van der Waals surface area contributed by atoms with Crippen LogP contribution in [0, 0.1) is 0 Å². The van der Waals surface area contributed by atoms with E-state index in [4.69, 9.17) is 9.84 Å². The maximum Gasteiger partial charge on any atom is 0.119 e. The van der Waals surface area contributed by atoms with Crippen molar-refractivity contribution in [3.63, 3.8) is 0 Å². The van der Waals surface area contributed by atoms with Gasteiger partial charge in [-0.05, 0) is 25.7 Å². The van der Waals surface area contributed by atoms with Gasteiger partial charge >= 0.3 is 0 Å². The van der Waals surface area contributed by atoms with Crippen LogP contribution in [-0.2, 0) is 9.53 Å². The first kappa shape index (κ1) is 18.6. The third-order valence-corrected chi connectivity index (χ3v) is 4.40. The molecule has 0 aromatic carbocycles. The normalized spacial score (nSPS) is 20.6. The molecule has 1 rings (SSSR count). The van der Waals surface area contributed by atoms with Crippen LogP contribution in [-0.4, -0.2) is 30.2 Å². The number of ether oxygens (including phenoxy) is 1. The van der Waals surface area contributed by atoms with Gasteiger partial charge in [-0.15, -0.1) is 0 Å². The molecule has 1 N–H and O–H groups in total. The van der Waals surface area contributed by atoms with E-state index < -0.39 is 0 Å². The number of hydrogen-bond donors (Lipinski definition) is 1. The Labute approximate surface area is 130 Å². The predicted octanol–water partition coefficient (Wildman–Crippen LogP) is 4.41. The lowest BCUT2D eigenvalue weighted by atomic mass is 10.0. The lowest BCUT2D eigenvalue weighted by Gasteiger charge is -2.00. The molecular formula is C18H34O3. The number of aldehydes is 1. The Morgan fingerprint density at radius 3 is 1.71 bits per heavy atom. The molecule has 0 aromatic rings. The van der Waals surface area contributed by atoms with Crippen molar-refractivity contribution in [2.75, 3.05) is 6.61 Å². The Morgan fingerprint density at radius 2 is 1.19 bits per heavy atom. The van der Waals surface area contributed by atoms with Gasteiger partial charge in [-0.3, -0.25) is 0 Å². The van der Waals surface area contributed by atoms with Crippen molar-refractivity contribution in [2.45, 2.75) is 102 Å². The van der Waals surface area contributed by atoms with Crippen molar-refractivity contribution in [1.82, 2.24) is 0 Å². The van der Waals surface area contributed by atoms with Crippen LogP contribution >= 0.6 is 0 Å². The van der Waals surface area contributed by atoms with Crippen molar-refractivity contribution >= 4 is 6.29 Å². The van der Waals surface area contributed by atoms with E-state index in [1.807, 2.05) is 0 Å². The minimum absolute atomic E-state index is 0.342. The summed E-state index contributed by atoms with van der Waals surface area (Å²) in [6, 6.07) is 0. The van der Waals surface area contributed by atoms with Crippen LogP contribution in [0.15, 0.2) is 0 Å². The number of carbonyl (C=O) groups excluding carboxylic acids is 1. The lowest BCUT2D eigenvalue weighted by Crippen LogP contribution is -1.95. The SMILES string of the molecule is O=CCCCCCCCC1OC1CCCCCCCCO. The summed E-state index contributed by atoms with van der Waals surface area (Å²) < 4.78 is 5.73. The van der Waals surface area contributed by atoms with Gasteiger partial charge in [-0.25, -0.2) is 0 Å². The molecule has 0 aromatic heterocycles. The summed E-state index contributed by atoms with van der Waals surface area (Å²) in [6.45, 7) is 0.342. The van der Waals surface area contributed by atoms with Crippen LogP contribution in [0.2, 0.25) is 0 Å². The fourth-order valence-electron chi connectivity index (χ4n) is 2.95. The molecule has 0 radical (unpaired) electrons. The van der Waals surface area contributed by atoms with Crippen LogP contribution in [0.1, 0.15) is 89.9 Å². The molecule has 21 heavy (non-hydrogen) atoms. The molecule has 3 heteroatoms. The Hall–Kier alpha value is -0.410. The van der Waals surface area contributed by atoms with Gasteiger partial charge in [0.15, 0.2) is 0 Å². The molecule has 0 spiro atoms. The quantitative estimate of drug-likeness (QED) is 0.261. The zero-order valence-corrected chi connectivity index (χ0v) is 13.6. The molecule has 1 saturated heterocycles. The van der Waals surface area contributed by atoms with Gasteiger partial charge in [-0.2, -0.15) is 0 Å². The monoisotopic (exact) mass is 298 g/mol. The molecule has 1 heterocycles. The Bertz CT molecular complexity index is 243. The fraction of sp³-hybridized carbons (Fsp3) is 0.944. The molecule has 0 bridgehead atoms. The number of hydrogen-bond acceptors (Lipinski definition) is 3. The van der Waals surface area contributed by atoms with Crippen LogP contribution in [0.4, 0.5) is 0 Å². The summed E-state index contributed by atoms with van der Waals surface area (Å²) in [5, 5.41) is 8.69. The average Bonchev–Trinajstić information content (AvgIpc) is 3.24. The van der Waals surface area contributed by atoms with Gasteiger partial charge in [-0.1, -0.05) is 57.8 Å². The van der Waals surface area contributed by atoms with Crippen LogP contribution in [0.25, 0.3) is 0 Å². The summed E-state index contributed by atoms with van der Waals surface area (Å²) in [5.41, 5.74) is 0. The van der Waals surface area contributed by atoms with Crippen molar-refractivity contribution in [1.29, 1.82) is 0 Å². The highest BCUT2D eigenvalue weighted by Crippen LogP contribution is 2.31.